The van der Waals surface area contributed by atoms with Crippen LogP contribution in [0.15, 0.2) is 12.1 Å². The molecule has 0 aliphatic carbocycles. The van der Waals surface area contributed by atoms with Crippen LogP contribution >= 0.6 is 0 Å². The molecule has 1 aromatic carbocycles. The van der Waals surface area contributed by atoms with E-state index < -0.39 is 0 Å². The van der Waals surface area contributed by atoms with Crippen LogP contribution in [-0.2, 0) is 11.3 Å². The Hall–Kier alpha value is -1.21. The summed E-state index contributed by atoms with van der Waals surface area (Å²) in [5.74, 6) is 0.378. The van der Waals surface area contributed by atoms with Crippen molar-refractivity contribution in [3.05, 3.63) is 29.1 Å². The van der Waals surface area contributed by atoms with E-state index >= 15 is 0 Å². The number of benzene rings is 1. The van der Waals surface area contributed by atoms with Crippen LogP contribution in [0.4, 0.5) is 4.39 Å². The topological polar surface area (TPSA) is 51.0 Å². The van der Waals surface area contributed by atoms with Crippen LogP contribution in [0.5, 0.6) is 5.75 Å². The zero-order valence-electron chi connectivity index (χ0n) is 13.8. The third-order valence-electron chi connectivity index (χ3n) is 4.85. The number of nitrogens with two attached hydrogens (primary N) is 1. The molecule has 1 fully saturated rings. The molecule has 0 radical (unpaired) electrons. The summed E-state index contributed by atoms with van der Waals surface area (Å²) in [4.78, 5) is 4.71. The Morgan fingerprint density at radius 1 is 1.30 bits per heavy atom. The van der Waals surface area contributed by atoms with Crippen LogP contribution in [0.1, 0.15) is 23.6 Å². The van der Waals surface area contributed by atoms with Gasteiger partial charge in [-0.1, -0.05) is 0 Å². The number of morpholine rings is 1. The molecule has 2 heterocycles. The Morgan fingerprint density at radius 2 is 2.09 bits per heavy atom. The maximum atomic E-state index is 14.3. The number of fused-ring (bicyclic) bond motifs is 1. The van der Waals surface area contributed by atoms with E-state index in [0.717, 1.165) is 56.9 Å². The fourth-order valence-corrected chi connectivity index (χ4v) is 3.56. The number of rotatable bonds is 6. The predicted octanol–water partition coefficient (Wildman–Crippen LogP) is 1.37. The molecular weight excluding hydrogens is 297 g/mol. The van der Waals surface area contributed by atoms with Crippen molar-refractivity contribution in [2.75, 3.05) is 53.0 Å². The van der Waals surface area contributed by atoms with E-state index in [0.29, 0.717) is 18.8 Å². The number of hydrogen-bond donors (Lipinski definition) is 1. The van der Waals surface area contributed by atoms with Gasteiger partial charge in [-0.15, -0.1) is 0 Å². The smallest absolute Gasteiger partial charge is 0.131 e. The van der Waals surface area contributed by atoms with E-state index in [1.807, 2.05) is 6.07 Å². The summed E-state index contributed by atoms with van der Waals surface area (Å²) in [5, 5.41) is 0. The Morgan fingerprint density at radius 3 is 2.78 bits per heavy atom. The number of ether oxygens (including phenoxy) is 2. The van der Waals surface area contributed by atoms with Gasteiger partial charge in [-0.3, -0.25) is 9.80 Å². The van der Waals surface area contributed by atoms with Gasteiger partial charge >= 0.3 is 0 Å². The van der Waals surface area contributed by atoms with E-state index in [1.54, 1.807) is 7.11 Å². The Balaban J connectivity index is 1.61. The van der Waals surface area contributed by atoms with Gasteiger partial charge in [0, 0.05) is 50.4 Å². The minimum atomic E-state index is -0.187. The first-order valence-corrected chi connectivity index (χ1v) is 8.33. The molecule has 2 aliphatic heterocycles. The molecule has 3 rings (SSSR count). The average Bonchev–Trinajstić information content (AvgIpc) is 2.93. The van der Waals surface area contributed by atoms with Crippen LogP contribution in [0.3, 0.4) is 0 Å². The fourth-order valence-electron chi connectivity index (χ4n) is 3.56. The van der Waals surface area contributed by atoms with Crippen LogP contribution in [0.2, 0.25) is 0 Å². The molecule has 2 aliphatic rings. The number of methoxy groups -OCH3 is 1. The highest BCUT2D eigenvalue weighted by atomic mass is 19.1. The van der Waals surface area contributed by atoms with Crippen molar-refractivity contribution >= 4 is 0 Å². The second-order valence-electron chi connectivity index (χ2n) is 6.21. The third kappa shape index (κ3) is 3.66. The number of hydrogen-bond acceptors (Lipinski definition) is 5. The van der Waals surface area contributed by atoms with Gasteiger partial charge in [-0.2, -0.15) is 0 Å². The van der Waals surface area contributed by atoms with Gasteiger partial charge in [0.05, 0.1) is 20.3 Å². The molecule has 5 nitrogen and oxygen atoms in total. The molecule has 0 amide bonds. The van der Waals surface area contributed by atoms with Crippen LogP contribution in [0.25, 0.3) is 0 Å². The zero-order valence-corrected chi connectivity index (χ0v) is 13.8. The largest absolute Gasteiger partial charge is 0.497 e. The maximum Gasteiger partial charge on any atom is 0.131 e. The monoisotopic (exact) mass is 323 g/mol. The second kappa shape index (κ2) is 7.57. The van der Waals surface area contributed by atoms with Crippen LogP contribution in [-0.4, -0.2) is 62.8 Å². The normalized spacial score (nSPS) is 22.3. The quantitative estimate of drug-likeness (QED) is 0.857. The molecule has 23 heavy (non-hydrogen) atoms. The first-order chi connectivity index (χ1) is 11.2. The lowest BCUT2D eigenvalue weighted by atomic mass is 10.0. The summed E-state index contributed by atoms with van der Waals surface area (Å²) in [5.41, 5.74) is 7.72. The van der Waals surface area contributed by atoms with Gasteiger partial charge in [-0.25, -0.2) is 4.39 Å². The minimum Gasteiger partial charge on any atom is -0.497 e. The van der Waals surface area contributed by atoms with Crippen LogP contribution < -0.4 is 10.5 Å². The van der Waals surface area contributed by atoms with E-state index in [1.165, 1.54) is 6.07 Å². The fraction of sp³-hybridized carbons (Fsp3) is 0.647. The highest BCUT2D eigenvalue weighted by Gasteiger charge is 2.31. The molecule has 6 heteroatoms. The van der Waals surface area contributed by atoms with Crippen molar-refractivity contribution < 1.29 is 13.9 Å². The molecule has 0 saturated carbocycles. The van der Waals surface area contributed by atoms with Crippen LogP contribution in [0, 0.1) is 5.82 Å². The standard InChI is InChI=1S/C17H26FN3O2/c1-22-13-9-14-15(16(18)10-13)12-21(17(14)11-19)4-2-3-20-5-7-23-8-6-20/h9-10,17H,2-8,11-12,19H2,1H3. The summed E-state index contributed by atoms with van der Waals surface area (Å²) in [7, 11) is 1.56. The van der Waals surface area contributed by atoms with Gasteiger partial charge in [0.1, 0.15) is 11.6 Å². The van der Waals surface area contributed by atoms with Crippen molar-refractivity contribution in [3.63, 3.8) is 0 Å². The summed E-state index contributed by atoms with van der Waals surface area (Å²) >= 11 is 0. The zero-order chi connectivity index (χ0) is 16.2. The Labute approximate surface area is 137 Å². The van der Waals surface area contributed by atoms with E-state index in [4.69, 9.17) is 15.2 Å². The van der Waals surface area contributed by atoms with Crippen molar-refractivity contribution in [1.29, 1.82) is 0 Å². The third-order valence-corrected chi connectivity index (χ3v) is 4.85. The van der Waals surface area contributed by atoms with Crippen molar-refractivity contribution in [2.24, 2.45) is 5.73 Å². The van der Waals surface area contributed by atoms with Crippen molar-refractivity contribution in [3.8, 4) is 5.75 Å². The SMILES string of the molecule is COc1cc(F)c2c(c1)C(CN)N(CCCN1CCOCC1)C2. The summed E-state index contributed by atoms with van der Waals surface area (Å²) in [6.07, 6.45) is 1.06. The molecule has 1 saturated heterocycles. The molecule has 2 N–H and O–H groups in total. The molecule has 1 atom stereocenters. The van der Waals surface area contributed by atoms with E-state index in [-0.39, 0.29) is 11.9 Å². The van der Waals surface area contributed by atoms with E-state index in [9.17, 15) is 4.39 Å². The Kier molecular flexibility index (Phi) is 5.48. The van der Waals surface area contributed by atoms with Gasteiger partial charge in [-0.05, 0) is 24.6 Å². The number of nitrogens with zero attached hydrogens (tertiary/aromatic N) is 2. The van der Waals surface area contributed by atoms with Gasteiger partial charge < -0.3 is 15.2 Å². The molecule has 128 valence electrons. The Bertz CT molecular complexity index is 535. The minimum absolute atomic E-state index is 0.0827. The molecule has 0 aromatic heterocycles. The first kappa shape index (κ1) is 16.6. The maximum absolute atomic E-state index is 14.3. The first-order valence-electron chi connectivity index (χ1n) is 8.33. The van der Waals surface area contributed by atoms with E-state index in [2.05, 4.69) is 9.80 Å². The van der Waals surface area contributed by atoms with Crippen molar-refractivity contribution in [1.82, 2.24) is 9.80 Å². The molecule has 1 aromatic rings. The molecule has 0 spiro atoms. The highest BCUT2D eigenvalue weighted by Crippen LogP contribution is 2.37. The average molecular weight is 323 g/mol. The molecule has 0 bridgehead atoms. The van der Waals surface area contributed by atoms with Gasteiger partial charge in [0.25, 0.3) is 0 Å². The van der Waals surface area contributed by atoms with Crippen molar-refractivity contribution in [2.45, 2.75) is 19.0 Å². The molecule has 1 unspecified atom stereocenters. The summed E-state index contributed by atoms with van der Waals surface area (Å²) in [6.45, 7) is 6.78. The lowest BCUT2D eigenvalue weighted by Crippen LogP contribution is -2.38. The lowest BCUT2D eigenvalue weighted by molar-refractivity contribution is 0.0355. The highest BCUT2D eigenvalue weighted by molar-refractivity contribution is 5.41. The second-order valence-corrected chi connectivity index (χ2v) is 6.21. The predicted molar refractivity (Wildman–Crippen MR) is 87.0 cm³/mol. The molecular formula is C17H26FN3O2. The summed E-state index contributed by atoms with van der Waals surface area (Å²) in [6, 6.07) is 3.47. The number of halogens is 1. The van der Waals surface area contributed by atoms with Gasteiger partial charge in [0.2, 0.25) is 0 Å². The lowest BCUT2D eigenvalue weighted by Gasteiger charge is -2.28. The summed E-state index contributed by atoms with van der Waals surface area (Å²) < 4.78 is 24.8. The van der Waals surface area contributed by atoms with Gasteiger partial charge in [0.15, 0.2) is 0 Å².